The first-order valence-electron chi connectivity index (χ1n) is 7.11. The second kappa shape index (κ2) is 8.12. The Morgan fingerprint density at radius 3 is 2.40 bits per heavy atom. The molecule has 0 spiro atoms. The van der Waals surface area contributed by atoms with Crippen molar-refractivity contribution >= 4 is 0 Å². The Bertz CT molecular complexity index is 407. The predicted molar refractivity (Wildman–Crippen MR) is 81.4 cm³/mol. The molecule has 0 saturated carbocycles. The van der Waals surface area contributed by atoms with Crippen LogP contribution in [0.3, 0.4) is 0 Å². The van der Waals surface area contributed by atoms with Crippen molar-refractivity contribution in [2.45, 2.75) is 39.3 Å². The van der Waals surface area contributed by atoms with E-state index in [4.69, 9.17) is 9.47 Å². The van der Waals surface area contributed by atoms with Crippen LogP contribution in [-0.2, 0) is 0 Å². The van der Waals surface area contributed by atoms with Gasteiger partial charge in [-0.15, -0.1) is 0 Å². The van der Waals surface area contributed by atoms with Gasteiger partial charge in [-0.1, -0.05) is 19.9 Å². The summed E-state index contributed by atoms with van der Waals surface area (Å²) in [7, 11) is 3.29. The molecule has 0 bridgehead atoms. The number of nitrogens with one attached hydrogen (secondary N) is 1. The quantitative estimate of drug-likeness (QED) is 0.769. The Balaban J connectivity index is 2.65. The number of ether oxygens (including phenoxy) is 2. The zero-order chi connectivity index (χ0) is 15.1. The number of aliphatic hydroxyl groups excluding tert-OH is 1. The highest BCUT2D eigenvalue weighted by Crippen LogP contribution is 2.29. The van der Waals surface area contributed by atoms with Gasteiger partial charge < -0.3 is 19.9 Å². The fourth-order valence-electron chi connectivity index (χ4n) is 2.23. The Morgan fingerprint density at radius 1 is 1.15 bits per heavy atom. The minimum Gasteiger partial charge on any atom is -0.497 e. The first kappa shape index (κ1) is 16.8. The highest BCUT2D eigenvalue weighted by atomic mass is 16.5. The van der Waals surface area contributed by atoms with Crippen LogP contribution in [0.5, 0.6) is 11.5 Å². The fourth-order valence-corrected chi connectivity index (χ4v) is 2.23. The summed E-state index contributed by atoms with van der Waals surface area (Å²) in [6, 6.07) is 5.89. The van der Waals surface area contributed by atoms with E-state index >= 15 is 0 Å². The number of rotatable bonds is 8. The van der Waals surface area contributed by atoms with Crippen LogP contribution in [-0.4, -0.2) is 32.0 Å². The standard InChI is InChI=1S/C16H27NO3/c1-11(2)8-13(18)10-17-12(3)15-7-6-14(19-4)9-16(15)20-5/h6-7,9,11-13,17-18H,8,10H2,1-5H3. The van der Waals surface area contributed by atoms with Crippen molar-refractivity contribution in [1.29, 1.82) is 0 Å². The average Bonchev–Trinajstić information content (AvgIpc) is 2.43. The molecule has 2 N–H and O–H groups in total. The number of hydrogen-bond acceptors (Lipinski definition) is 4. The van der Waals surface area contributed by atoms with Crippen molar-refractivity contribution in [3.05, 3.63) is 23.8 Å². The van der Waals surface area contributed by atoms with E-state index in [9.17, 15) is 5.11 Å². The summed E-state index contributed by atoms with van der Waals surface area (Å²) < 4.78 is 10.6. The molecular weight excluding hydrogens is 254 g/mol. The monoisotopic (exact) mass is 281 g/mol. The molecule has 0 aliphatic rings. The molecule has 0 fully saturated rings. The van der Waals surface area contributed by atoms with Gasteiger partial charge in [0.25, 0.3) is 0 Å². The van der Waals surface area contributed by atoms with Gasteiger partial charge in [0.2, 0.25) is 0 Å². The van der Waals surface area contributed by atoms with E-state index in [1.807, 2.05) is 18.2 Å². The van der Waals surface area contributed by atoms with Crippen LogP contribution in [0.25, 0.3) is 0 Å². The highest BCUT2D eigenvalue weighted by molar-refractivity contribution is 5.42. The van der Waals surface area contributed by atoms with Crippen LogP contribution in [0.4, 0.5) is 0 Å². The van der Waals surface area contributed by atoms with Crippen molar-refractivity contribution < 1.29 is 14.6 Å². The van der Waals surface area contributed by atoms with E-state index in [0.29, 0.717) is 12.5 Å². The van der Waals surface area contributed by atoms with Gasteiger partial charge in [-0.3, -0.25) is 0 Å². The molecule has 0 heterocycles. The van der Waals surface area contributed by atoms with E-state index in [1.165, 1.54) is 0 Å². The second-order valence-corrected chi connectivity index (χ2v) is 5.52. The van der Waals surface area contributed by atoms with Crippen LogP contribution in [0.1, 0.15) is 38.8 Å². The maximum absolute atomic E-state index is 9.91. The second-order valence-electron chi connectivity index (χ2n) is 5.52. The van der Waals surface area contributed by atoms with Crippen molar-refractivity contribution in [2.24, 2.45) is 5.92 Å². The maximum atomic E-state index is 9.91. The predicted octanol–water partition coefficient (Wildman–Crippen LogP) is 2.76. The van der Waals surface area contributed by atoms with Crippen molar-refractivity contribution in [3.63, 3.8) is 0 Å². The molecule has 0 aliphatic heterocycles. The third kappa shape index (κ3) is 5.02. The lowest BCUT2D eigenvalue weighted by Crippen LogP contribution is -2.30. The van der Waals surface area contributed by atoms with Crippen LogP contribution in [0.15, 0.2) is 18.2 Å². The molecule has 2 atom stereocenters. The van der Waals surface area contributed by atoms with Crippen molar-refractivity contribution in [2.75, 3.05) is 20.8 Å². The minimum absolute atomic E-state index is 0.109. The lowest BCUT2D eigenvalue weighted by atomic mass is 10.0. The molecule has 0 aromatic heterocycles. The Morgan fingerprint density at radius 2 is 1.85 bits per heavy atom. The summed E-state index contributed by atoms with van der Waals surface area (Å²) in [6.45, 7) is 6.86. The minimum atomic E-state index is -0.318. The summed E-state index contributed by atoms with van der Waals surface area (Å²) in [6.07, 6.45) is 0.487. The number of aliphatic hydroxyl groups is 1. The molecule has 4 heteroatoms. The first-order valence-corrected chi connectivity index (χ1v) is 7.11. The summed E-state index contributed by atoms with van der Waals surface area (Å²) in [5, 5.41) is 13.3. The lowest BCUT2D eigenvalue weighted by molar-refractivity contribution is 0.143. The Kier molecular flexibility index (Phi) is 6.82. The summed E-state index contributed by atoms with van der Waals surface area (Å²) in [4.78, 5) is 0. The molecule has 1 aromatic carbocycles. The zero-order valence-corrected chi connectivity index (χ0v) is 13.1. The molecule has 20 heavy (non-hydrogen) atoms. The van der Waals surface area contributed by atoms with Crippen LogP contribution < -0.4 is 14.8 Å². The third-order valence-corrected chi connectivity index (χ3v) is 3.31. The molecule has 0 amide bonds. The van der Waals surface area contributed by atoms with E-state index in [-0.39, 0.29) is 12.1 Å². The number of benzene rings is 1. The third-order valence-electron chi connectivity index (χ3n) is 3.31. The van der Waals surface area contributed by atoms with E-state index < -0.39 is 0 Å². The first-order chi connectivity index (χ1) is 9.47. The molecule has 1 aromatic rings. The topological polar surface area (TPSA) is 50.7 Å². The van der Waals surface area contributed by atoms with E-state index in [2.05, 4.69) is 26.1 Å². The summed E-state index contributed by atoms with van der Waals surface area (Å²) >= 11 is 0. The molecule has 0 saturated heterocycles. The van der Waals surface area contributed by atoms with Gasteiger partial charge in [0.15, 0.2) is 0 Å². The lowest BCUT2D eigenvalue weighted by Gasteiger charge is -2.20. The van der Waals surface area contributed by atoms with E-state index in [1.54, 1.807) is 14.2 Å². The molecule has 114 valence electrons. The Labute approximate surface area is 122 Å². The number of hydrogen-bond donors (Lipinski definition) is 2. The number of methoxy groups -OCH3 is 2. The smallest absolute Gasteiger partial charge is 0.127 e. The SMILES string of the molecule is COc1ccc(C(C)NCC(O)CC(C)C)c(OC)c1. The molecule has 1 rings (SSSR count). The van der Waals surface area contributed by atoms with Gasteiger partial charge in [0.05, 0.1) is 20.3 Å². The van der Waals surface area contributed by atoms with Crippen LogP contribution >= 0.6 is 0 Å². The average molecular weight is 281 g/mol. The van der Waals surface area contributed by atoms with Gasteiger partial charge in [-0.2, -0.15) is 0 Å². The molecule has 2 unspecified atom stereocenters. The molecule has 4 nitrogen and oxygen atoms in total. The molecular formula is C16H27NO3. The van der Waals surface area contributed by atoms with Crippen LogP contribution in [0, 0.1) is 5.92 Å². The van der Waals surface area contributed by atoms with Gasteiger partial charge in [0.1, 0.15) is 11.5 Å². The molecule has 0 radical (unpaired) electrons. The maximum Gasteiger partial charge on any atom is 0.127 e. The van der Waals surface area contributed by atoms with E-state index in [0.717, 1.165) is 23.5 Å². The Hall–Kier alpha value is -1.26. The van der Waals surface area contributed by atoms with Gasteiger partial charge in [-0.05, 0) is 25.3 Å². The highest BCUT2D eigenvalue weighted by Gasteiger charge is 2.14. The summed E-state index contributed by atoms with van der Waals surface area (Å²) in [5.74, 6) is 2.07. The summed E-state index contributed by atoms with van der Waals surface area (Å²) in [5.41, 5.74) is 1.06. The van der Waals surface area contributed by atoms with Crippen LogP contribution in [0.2, 0.25) is 0 Å². The molecule has 0 aliphatic carbocycles. The van der Waals surface area contributed by atoms with Gasteiger partial charge >= 0.3 is 0 Å². The van der Waals surface area contributed by atoms with Crippen molar-refractivity contribution in [3.8, 4) is 11.5 Å². The van der Waals surface area contributed by atoms with Gasteiger partial charge in [-0.25, -0.2) is 0 Å². The largest absolute Gasteiger partial charge is 0.497 e. The van der Waals surface area contributed by atoms with Gasteiger partial charge in [0, 0.05) is 24.2 Å². The zero-order valence-electron chi connectivity index (χ0n) is 13.1. The fraction of sp³-hybridized carbons (Fsp3) is 0.625. The van der Waals surface area contributed by atoms with Crippen molar-refractivity contribution in [1.82, 2.24) is 5.32 Å². The normalized spacial score (nSPS) is 14.2.